The van der Waals surface area contributed by atoms with Crippen molar-refractivity contribution in [2.75, 3.05) is 0 Å². The number of ketones is 2. The van der Waals surface area contributed by atoms with Gasteiger partial charge in [-0.1, -0.05) is 60.7 Å². The first-order valence-corrected chi connectivity index (χ1v) is 7.50. The van der Waals surface area contributed by atoms with Crippen LogP contribution in [0.2, 0.25) is 0 Å². The van der Waals surface area contributed by atoms with Crippen LogP contribution in [-0.4, -0.2) is 17.5 Å². The fraction of sp³-hybridized carbons (Fsp3) is 0.211. The second kappa shape index (κ2) is 5.80. The highest BCUT2D eigenvalue weighted by atomic mass is 16.2. The van der Waals surface area contributed by atoms with E-state index in [1.54, 1.807) is 0 Å². The van der Waals surface area contributed by atoms with Gasteiger partial charge in [-0.15, -0.1) is 0 Å². The third-order valence-electron chi connectivity index (χ3n) is 4.53. The van der Waals surface area contributed by atoms with Gasteiger partial charge < -0.3 is 5.73 Å². The Bertz CT molecular complexity index is 693. The smallest absolute Gasteiger partial charge is 0.235 e. The third kappa shape index (κ3) is 2.57. The molecule has 0 radical (unpaired) electrons. The number of benzene rings is 2. The number of nitrogens with two attached hydrogens (primary N) is 1. The molecule has 1 amide bonds. The highest BCUT2D eigenvalue weighted by molar-refractivity contribution is 6.20. The summed E-state index contributed by atoms with van der Waals surface area (Å²) in [6, 6.07) is 19.0. The lowest BCUT2D eigenvalue weighted by atomic mass is 9.62. The lowest BCUT2D eigenvalue weighted by Crippen LogP contribution is -2.48. The van der Waals surface area contributed by atoms with Crippen LogP contribution in [0.15, 0.2) is 60.7 Å². The van der Waals surface area contributed by atoms with Crippen molar-refractivity contribution in [1.29, 1.82) is 0 Å². The molecule has 0 spiro atoms. The minimum absolute atomic E-state index is 0.0976. The van der Waals surface area contributed by atoms with Crippen LogP contribution >= 0.6 is 0 Å². The SMILES string of the molecule is NC(=O)C1C(=O)CC(c2ccccc2)(c2ccccc2)CC1=O. The van der Waals surface area contributed by atoms with Gasteiger partial charge in [-0.3, -0.25) is 14.4 Å². The van der Waals surface area contributed by atoms with Gasteiger partial charge in [-0.2, -0.15) is 0 Å². The van der Waals surface area contributed by atoms with Crippen molar-refractivity contribution in [3.63, 3.8) is 0 Å². The van der Waals surface area contributed by atoms with Crippen LogP contribution in [-0.2, 0) is 19.8 Å². The van der Waals surface area contributed by atoms with Crippen molar-refractivity contribution in [2.24, 2.45) is 11.7 Å². The van der Waals surface area contributed by atoms with Crippen LogP contribution in [0.25, 0.3) is 0 Å². The van der Waals surface area contributed by atoms with E-state index in [1.165, 1.54) is 0 Å². The summed E-state index contributed by atoms with van der Waals surface area (Å²) in [5.41, 5.74) is 6.30. The van der Waals surface area contributed by atoms with Crippen molar-refractivity contribution in [3.8, 4) is 0 Å². The number of carbonyl (C=O) groups is 3. The number of amides is 1. The summed E-state index contributed by atoms with van der Waals surface area (Å²) >= 11 is 0. The molecule has 116 valence electrons. The van der Waals surface area contributed by atoms with E-state index in [9.17, 15) is 14.4 Å². The molecule has 0 atom stereocenters. The van der Waals surface area contributed by atoms with Gasteiger partial charge in [0, 0.05) is 18.3 Å². The quantitative estimate of drug-likeness (QED) is 0.881. The summed E-state index contributed by atoms with van der Waals surface area (Å²) in [4.78, 5) is 36.4. The molecule has 4 nitrogen and oxygen atoms in total. The van der Waals surface area contributed by atoms with E-state index < -0.39 is 28.8 Å². The van der Waals surface area contributed by atoms with Crippen molar-refractivity contribution in [3.05, 3.63) is 71.8 Å². The van der Waals surface area contributed by atoms with Crippen LogP contribution in [0.4, 0.5) is 0 Å². The largest absolute Gasteiger partial charge is 0.369 e. The second-order valence-corrected chi connectivity index (χ2v) is 5.94. The molecule has 0 saturated heterocycles. The molecule has 2 aromatic rings. The van der Waals surface area contributed by atoms with Crippen LogP contribution in [0.5, 0.6) is 0 Å². The van der Waals surface area contributed by atoms with Gasteiger partial charge in [0.1, 0.15) is 0 Å². The first kappa shape index (κ1) is 15.2. The molecule has 23 heavy (non-hydrogen) atoms. The Morgan fingerprint density at radius 3 is 1.57 bits per heavy atom. The summed E-state index contributed by atoms with van der Waals surface area (Å²) in [5.74, 6) is -2.96. The summed E-state index contributed by atoms with van der Waals surface area (Å²) in [6.45, 7) is 0. The Labute approximate surface area is 134 Å². The number of carbonyl (C=O) groups excluding carboxylic acids is 3. The maximum Gasteiger partial charge on any atom is 0.235 e. The van der Waals surface area contributed by atoms with Gasteiger partial charge in [0.2, 0.25) is 5.91 Å². The fourth-order valence-corrected chi connectivity index (χ4v) is 3.45. The van der Waals surface area contributed by atoms with Gasteiger partial charge in [0.25, 0.3) is 0 Å². The maximum atomic E-state index is 12.5. The van der Waals surface area contributed by atoms with E-state index in [1.807, 2.05) is 60.7 Å². The van der Waals surface area contributed by atoms with Gasteiger partial charge in [-0.05, 0) is 11.1 Å². The number of hydrogen-bond acceptors (Lipinski definition) is 3. The van der Waals surface area contributed by atoms with Gasteiger partial charge >= 0.3 is 0 Å². The van der Waals surface area contributed by atoms with Crippen molar-refractivity contribution in [2.45, 2.75) is 18.3 Å². The molecule has 1 fully saturated rings. The van der Waals surface area contributed by atoms with E-state index in [0.717, 1.165) is 11.1 Å². The topological polar surface area (TPSA) is 77.2 Å². The maximum absolute atomic E-state index is 12.5. The van der Waals surface area contributed by atoms with E-state index in [0.29, 0.717) is 0 Å². The molecule has 1 aliphatic carbocycles. The molecule has 4 heteroatoms. The standard InChI is InChI=1S/C19H17NO3/c20-18(23)17-15(21)11-19(12-16(17)22,13-7-3-1-4-8-13)14-9-5-2-6-10-14/h1-10,17H,11-12H2,(H2,20,23). The van der Waals surface area contributed by atoms with Crippen LogP contribution < -0.4 is 5.73 Å². The number of rotatable bonds is 3. The Morgan fingerprint density at radius 2 is 1.22 bits per heavy atom. The third-order valence-corrected chi connectivity index (χ3v) is 4.53. The van der Waals surface area contributed by atoms with Gasteiger partial charge in [0.15, 0.2) is 17.5 Å². The monoisotopic (exact) mass is 307 g/mol. The van der Waals surface area contributed by atoms with Crippen LogP contribution in [0.1, 0.15) is 24.0 Å². The molecular formula is C19H17NO3. The summed E-state index contributed by atoms with van der Waals surface area (Å²) in [5, 5.41) is 0. The minimum Gasteiger partial charge on any atom is -0.369 e. The Morgan fingerprint density at radius 1 is 0.826 bits per heavy atom. The van der Waals surface area contributed by atoms with E-state index >= 15 is 0 Å². The van der Waals surface area contributed by atoms with E-state index in [2.05, 4.69) is 0 Å². The second-order valence-electron chi connectivity index (χ2n) is 5.94. The van der Waals surface area contributed by atoms with Gasteiger partial charge in [-0.25, -0.2) is 0 Å². The lowest BCUT2D eigenvalue weighted by molar-refractivity contribution is -0.143. The Kier molecular flexibility index (Phi) is 3.82. The summed E-state index contributed by atoms with van der Waals surface area (Å²) in [7, 11) is 0. The Hall–Kier alpha value is -2.75. The highest BCUT2D eigenvalue weighted by Gasteiger charge is 2.48. The minimum atomic E-state index is -1.31. The van der Waals surface area contributed by atoms with Gasteiger partial charge in [0.05, 0.1) is 0 Å². The number of Topliss-reactive ketones (excluding diaryl/α,β-unsaturated/α-hetero) is 2. The van der Waals surface area contributed by atoms with E-state index in [-0.39, 0.29) is 12.8 Å². The molecule has 0 bridgehead atoms. The molecule has 2 N–H and O–H groups in total. The number of primary amides is 1. The zero-order chi connectivity index (χ0) is 16.4. The lowest BCUT2D eigenvalue weighted by Gasteiger charge is -2.38. The molecule has 0 aliphatic heterocycles. The van der Waals surface area contributed by atoms with E-state index in [4.69, 9.17) is 5.73 Å². The molecule has 2 aromatic carbocycles. The highest BCUT2D eigenvalue weighted by Crippen LogP contribution is 2.43. The average Bonchev–Trinajstić information content (AvgIpc) is 2.55. The summed E-state index contributed by atoms with van der Waals surface area (Å²) < 4.78 is 0. The Balaban J connectivity index is 2.14. The average molecular weight is 307 g/mol. The molecule has 1 saturated carbocycles. The molecule has 1 aliphatic rings. The number of hydrogen-bond donors (Lipinski definition) is 1. The van der Waals surface area contributed by atoms with Crippen LogP contribution in [0, 0.1) is 5.92 Å². The molecular weight excluding hydrogens is 290 g/mol. The first-order valence-electron chi connectivity index (χ1n) is 7.50. The molecule has 0 unspecified atom stereocenters. The molecule has 3 rings (SSSR count). The first-order chi connectivity index (χ1) is 11.0. The fourth-order valence-electron chi connectivity index (χ4n) is 3.45. The normalized spacial score (nSPS) is 17.9. The molecule has 0 heterocycles. The van der Waals surface area contributed by atoms with Crippen molar-refractivity contribution in [1.82, 2.24) is 0 Å². The summed E-state index contributed by atoms with van der Waals surface area (Å²) in [6.07, 6.45) is 0.195. The zero-order valence-corrected chi connectivity index (χ0v) is 12.6. The molecule has 0 aromatic heterocycles. The van der Waals surface area contributed by atoms with Crippen molar-refractivity contribution < 1.29 is 14.4 Å². The predicted molar refractivity (Wildman–Crippen MR) is 85.6 cm³/mol. The van der Waals surface area contributed by atoms with Crippen molar-refractivity contribution >= 4 is 17.5 Å². The van der Waals surface area contributed by atoms with Crippen LogP contribution in [0.3, 0.4) is 0 Å². The zero-order valence-electron chi connectivity index (χ0n) is 12.6. The predicted octanol–water partition coefficient (Wildman–Crippen LogP) is 2.01.